The van der Waals surface area contributed by atoms with Crippen LogP contribution in [0.2, 0.25) is 0 Å². The van der Waals surface area contributed by atoms with E-state index < -0.39 is 0 Å². The fourth-order valence-corrected chi connectivity index (χ4v) is 7.70. The van der Waals surface area contributed by atoms with Gasteiger partial charge in [0.2, 0.25) is 5.91 Å². The summed E-state index contributed by atoms with van der Waals surface area (Å²) in [6.45, 7) is 11.8. The maximum Gasteiger partial charge on any atom is 0.234 e. The summed E-state index contributed by atoms with van der Waals surface area (Å²) in [6, 6.07) is 0.945. The Labute approximate surface area is 341 Å². The lowest BCUT2D eigenvalue weighted by molar-refractivity contribution is -0.870. The summed E-state index contributed by atoms with van der Waals surface area (Å²) in [5.41, 5.74) is 0. The third-order valence-corrected chi connectivity index (χ3v) is 11.2. The molecule has 0 spiro atoms. The quantitative estimate of drug-likeness (QED) is 0.0496. The number of hydrogen-bond donors (Lipinski definition) is 1. The van der Waals surface area contributed by atoms with Crippen LogP contribution in [0.25, 0.3) is 0 Å². The lowest BCUT2D eigenvalue weighted by Gasteiger charge is -2.34. The zero-order valence-corrected chi connectivity index (χ0v) is 38.3. The lowest BCUT2D eigenvalue weighted by Crippen LogP contribution is -3.00. The number of hydrogen-bond acceptors (Lipinski definition) is 2. The van der Waals surface area contributed by atoms with Gasteiger partial charge in [-0.1, -0.05) is 206 Å². The molecule has 2 unspecified atom stereocenters. The number of rotatable bonds is 40. The third-order valence-electron chi connectivity index (χ3n) is 11.2. The van der Waals surface area contributed by atoms with Crippen molar-refractivity contribution in [3.63, 3.8) is 0 Å². The molecule has 4 nitrogen and oxygen atoms in total. The molecular formula is C46H97Cl2N3O. The first-order valence-electron chi connectivity index (χ1n) is 23.0. The summed E-state index contributed by atoms with van der Waals surface area (Å²) < 4.78 is 0.953. The van der Waals surface area contributed by atoms with E-state index in [1.54, 1.807) is 0 Å². The van der Waals surface area contributed by atoms with Gasteiger partial charge >= 0.3 is 0 Å². The molecule has 316 valence electrons. The van der Waals surface area contributed by atoms with Crippen LogP contribution in [0, 0.1) is 0 Å². The monoisotopic (exact) mass is 778 g/mol. The highest BCUT2D eigenvalue weighted by Gasteiger charge is 2.22. The number of nitrogens with one attached hydrogen (secondary N) is 1. The summed E-state index contributed by atoms with van der Waals surface area (Å²) in [4.78, 5) is 15.6. The number of amides is 1. The molecule has 0 aromatic rings. The van der Waals surface area contributed by atoms with E-state index in [0.29, 0.717) is 18.6 Å². The molecule has 0 heterocycles. The second kappa shape index (κ2) is 42.1. The van der Waals surface area contributed by atoms with Gasteiger partial charge in [0.05, 0.1) is 34.2 Å². The standard InChI is InChI=1S/C46H95N3O.2ClH/c1-8-10-12-14-16-18-20-22-24-26-28-30-32-34-36-39-44(3)48(43-46(50)47-41-38-42-49(5,6)7)45(4)40-37-35-33-31-29-27-25-23-21-19-17-15-13-11-9-2;;/h44-45H,8-43H2,1-7H3;2*1H. The van der Waals surface area contributed by atoms with Crippen LogP contribution < -0.4 is 17.7 Å². The number of halogens is 2. The molecule has 0 saturated heterocycles. The molecule has 0 aromatic heterocycles. The third kappa shape index (κ3) is 41.1. The van der Waals surface area contributed by atoms with Crippen molar-refractivity contribution in [2.24, 2.45) is 0 Å². The van der Waals surface area contributed by atoms with Crippen LogP contribution in [0.4, 0.5) is 0 Å². The second-order valence-corrected chi connectivity index (χ2v) is 17.6. The van der Waals surface area contributed by atoms with Crippen LogP contribution in [0.1, 0.15) is 240 Å². The van der Waals surface area contributed by atoms with E-state index in [4.69, 9.17) is 0 Å². The van der Waals surface area contributed by atoms with Gasteiger partial charge < -0.3 is 22.2 Å². The van der Waals surface area contributed by atoms with Gasteiger partial charge in [0.25, 0.3) is 0 Å². The van der Waals surface area contributed by atoms with Crippen LogP contribution in [0.3, 0.4) is 0 Å². The van der Waals surface area contributed by atoms with Crippen molar-refractivity contribution >= 4 is 18.3 Å². The van der Waals surface area contributed by atoms with Gasteiger partial charge in [0.1, 0.15) is 0 Å². The molecule has 0 aliphatic carbocycles. The minimum atomic E-state index is 0. The Hall–Kier alpha value is -0.0300. The second-order valence-electron chi connectivity index (χ2n) is 17.6. The molecule has 52 heavy (non-hydrogen) atoms. The molecule has 0 aliphatic heterocycles. The molecule has 0 fully saturated rings. The largest absolute Gasteiger partial charge is 1.00 e. The van der Waals surface area contributed by atoms with Gasteiger partial charge in [-0.15, -0.1) is 12.4 Å². The first-order chi connectivity index (χ1) is 24.2. The van der Waals surface area contributed by atoms with E-state index in [1.165, 1.54) is 205 Å². The summed E-state index contributed by atoms with van der Waals surface area (Å²) in [5, 5.41) is 3.25. The number of carbonyl (C=O) groups excluding carboxylic acids is 1. The number of unbranched alkanes of at least 4 members (excludes halogenated alkanes) is 28. The van der Waals surface area contributed by atoms with E-state index in [1.807, 2.05) is 0 Å². The Morgan fingerprint density at radius 2 is 0.750 bits per heavy atom. The summed E-state index contributed by atoms with van der Waals surface area (Å²) >= 11 is 0. The van der Waals surface area contributed by atoms with Gasteiger partial charge in [-0.2, -0.15) is 0 Å². The maximum absolute atomic E-state index is 13.1. The van der Waals surface area contributed by atoms with Crippen LogP contribution in [-0.2, 0) is 4.79 Å². The molecule has 0 rings (SSSR count). The maximum atomic E-state index is 13.1. The predicted molar refractivity (Wildman–Crippen MR) is 232 cm³/mol. The average molecular weight is 779 g/mol. The van der Waals surface area contributed by atoms with Gasteiger partial charge in [-0.3, -0.25) is 9.69 Å². The van der Waals surface area contributed by atoms with Crippen molar-refractivity contribution in [1.82, 2.24) is 10.2 Å². The summed E-state index contributed by atoms with van der Waals surface area (Å²) in [5.74, 6) is 0.220. The summed E-state index contributed by atoms with van der Waals surface area (Å²) in [6.07, 6.45) is 45.9. The van der Waals surface area contributed by atoms with E-state index in [0.717, 1.165) is 24.0 Å². The smallest absolute Gasteiger partial charge is 0.234 e. The van der Waals surface area contributed by atoms with Crippen molar-refractivity contribution in [1.29, 1.82) is 0 Å². The zero-order chi connectivity index (χ0) is 37.0. The first kappa shape index (κ1) is 56.3. The number of carbonyl (C=O) groups is 1. The normalized spacial score (nSPS) is 12.8. The Morgan fingerprint density at radius 1 is 0.481 bits per heavy atom. The fraction of sp³-hybridized carbons (Fsp3) is 0.978. The van der Waals surface area contributed by atoms with Crippen molar-refractivity contribution in [2.45, 2.75) is 252 Å². The van der Waals surface area contributed by atoms with E-state index >= 15 is 0 Å². The highest BCUT2D eigenvalue weighted by Crippen LogP contribution is 2.20. The minimum absolute atomic E-state index is 0. The average Bonchev–Trinajstić information content (AvgIpc) is 3.08. The molecule has 6 heteroatoms. The van der Waals surface area contributed by atoms with Crippen molar-refractivity contribution in [3.05, 3.63) is 0 Å². The Kier molecular flexibility index (Phi) is 45.6. The molecule has 0 aliphatic rings. The van der Waals surface area contributed by atoms with Gasteiger partial charge in [0, 0.05) is 25.0 Å². The molecule has 0 bridgehead atoms. The van der Waals surface area contributed by atoms with Gasteiger partial charge in [0.15, 0.2) is 0 Å². The van der Waals surface area contributed by atoms with Crippen molar-refractivity contribution in [2.75, 3.05) is 40.8 Å². The highest BCUT2D eigenvalue weighted by atomic mass is 35.5. The lowest BCUT2D eigenvalue weighted by atomic mass is 10.0. The van der Waals surface area contributed by atoms with Gasteiger partial charge in [-0.25, -0.2) is 0 Å². The molecule has 1 N–H and O–H groups in total. The fourth-order valence-electron chi connectivity index (χ4n) is 7.70. The Morgan fingerprint density at radius 3 is 1.02 bits per heavy atom. The van der Waals surface area contributed by atoms with Gasteiger partial charge in [-0.05, 0) is 26.7 Å². The molecule has 0 aromatic carbocycles. The molecule has 0 saturated carbocycles. The summed E-state index contributed by atoms with van der Waals surface area (Å²) in [7, 11) is 6.68. The topological polar surface area (TPSA) is 32.3 Å². The molecule has 0 radical (unpaired) electrons. The van der Waals surface area contributed by atoms with E-state index in [9.17, 15) is 4.79 Å². The zero-order valence-electron chi connectivity index (χ0n) is 36.7. The van der Waals surface area contributed by atoms with E-state index in [2.05, 4.69) is 59.1 Å². The first-order valence-corrected chi connectivity index (χ1v) is 23.0. The SMILES string of the molecule is CCCCCCCCCCCCCCCCCC(C)N(CC(=O)NCCC[N+](C)(C)C)C(C)CCCCCCCCCCCCCCCCC.Cl.[Cl-]. The van der Waals surface area contributed by atoms with E-state index in [-0.39, 0.29) is 30.7 Å². The van der Waals surface area contributed by atoms with Crippen molar-refractivity contribution in [3.8, 4) is 0 Å². The van der Waals surface area contributed by atoms with Crippen LogP contribution >= 0.6 is 12.4 Å². The predicted octanol–water partition coefficient (Wildman–Crippen LogP) is 11.2. The Balaban J connectivity index is -0.0000120. The van der Waals surface area contributed by atoms with Crippen LogP contribution in [-0.4, -0.2) is 68.2 Å². The minimum Gasteiger partial charge on any atom is -1.00 e. The Bertz CT molecular complexity index is 662. The van der Waals surface area contributed by atoms with Crippen LogP contribution in [0.15, 0.2) is 0 Å². The number of quaternary nitrogens is 1. The molecule has 2 atom stereocenters. The van der Waals surface area contributed by atoms with Crippen molar-refractivity contribution < 1.29 is 21.7 Å². The highest BCUT2D eigenvalue weighted by molar-refractivity contribution is 5.85. The van der Waals surface area contributed by atoms with Crippen LogP contribution in [0.5, 0.6) is 0 Å². The molecule has 1 amide bonds. The number of nitrogens with zero attached hydrogens (tertiary/aromatic N) is 2. The molecular weight excluding hydrogens is 681 g/mol.